The van der Waals surface area contributed by atoms with E-state index < -0.39 is 11.9 Å². The van der Waals surface area contributed by atoms with Gasteiger partial charge in [0.15, 0.2) is 5.82 Å². The normalized spacial score (nSPS) is 12.9. The molecule has 0 fully saturated rings. The van der Waals surface area contributed by atoms with E-state index in [1.807, 2.05) is 19.0 Å². The van der Waals surface area contributed by atoms with Gasteiger partial charge in [-0.05, 0) is 32.3 Å². The largest absolute Gasteiger partial charge is 0.334 e. The molecule has 19 heavy (non-hydrogen) atoms. The van der Waals surface area contributed by atoms with E-state index in [1.54, 1.807) is 0 Å². The number of hydrogen-bond acceptors (Lipinski definition) is 5. The van der Waals surface area contributed by atoms with Crippen molar-refractivity contribution in [1.29, 1.82) is 0 Å². The first-order valence-electron chi connectivity index (χ1n) is 5.66. The molecule has 1 aromatic heterocycles. The Morgan fingerprint density at radius 2 is 2.21 bits per heavy atom. The lowest BCUT2D eigenvalue weighted by molar-refractivity contribution is 0.357. The van der Waals surface area contributed by atoms with Crippen LogP contribution in [0.2, 0.25) is 5.02 Å². The number of likely N-dealkylation sites (N-methyl/N-ethyl adjacent to an activating group) is 1. The fraction of sp³-hybridized carbons (Fsp3) is 0.333. The van der Waals surface area contributed by atoms with Crippen molar-refractivity contribution in [3.63, 3.8) is 0 Å². The van der Waals surface area contributed by atoms with Crippen LogP contribution < -0.4 is 5.73 Å². The molecular formula is C12H14ClFN4O. The summed E-state index contributed by atoms with van der Waals surface area (Å²) in [6.45, 7) is 0.566. The van der Waals surface area contributed by atoms with E-state index in [0.717, 1.165) is 0 Å². The maximum absolute atomic E-state index is 13.6. The summed E-state index contributed by atoms with van der Waals surface area (Å²) in [6.07, 6.45) is 0. The molecule has 0 saturated carbocycles. The first-order valence-corrected chi connectivity index (χ1v) is 6.04. The van der Waals surface area contributed by atoms with Crippen molar-refractivity contribution in [1.82, 2.24) is 15.0 Å². The zero-order valence-corrected chi connectivity index (χ0v) is 11.4. The third-order valence-electron chi connectivity index (χ3n) is 2.49. The van der Waals surface area contributed by atoms with E-state index in [2.05, 4.69) is 10.1 Å². The maximum Gasteiger partial charge on any atom is 0.261 e. The van der Waals surface area contributed by atoms with Crippen LogP contribution >= 0.6 is 11.6 Å². The highest BCUT2D eigenvalue weighted by Crippen LogP contribution is 2.25. The second-order valence-corrected chi connectivity index (χ2v) is 4.89. The molecule has 2 rings (SSSR count). The van der Waals surface area contributed by atoms with Gasteiger partial charge in [-0.15, -0.1) is 0 Å². The minimum absolute atomic E-state index is 0.0733. The summed E-state index contributed by atoms with van der Waals surface area (Å²) in [5.41, 5.74) is 6.08. The number of benzene rings is 1. The smallest absolute Gasteiger partial charge is 0.261 e. The van der Waals surface area contributed by atoms with Gasteiger partial charge in [0, 0.05) is 11.6 Å². The predicted octanol–water partition coefficient (Wildman–Crippen LogP) is 2.09. The number of aromatic nitrogens is 2. The molecule has 0 amide bonds. The first-order chi connectivity index (χ1) is 8.97. The summed E-state index contributed by atoms with van der Waals surface area (Å²) in [4.78, 5) is 6.01. The molecule has 1 aromatic carbocycles. The third-order valence-corrected chi connectivity index (χ3v) is 2.73. The van der Waals surface area contributed by atoms with Crippen molar-refractivity contribution < 1.29 is 8.91 Å². The SMILES string of the molecule is CN(C)CC(N)c1noc(-c2cc(Cl)ccc2F)n1. The molecule has 0 aliphatic rings. The van der Waals surface area contributed by atoms with E-state index in [1.165, 1.54) is 18.2 Å². The van der Waals surface area contributed by atoms with Crippen molar-refractivity contribution in [2.45, 2.75) is 6.04 Å². The lowest BCUT2D eigenvalue weighted by atomic mass is 10.2. The molecule has 1 atom stereocenters. The topological polar surface area (TPSA) is 68.2 Å². The molecule has 0 spiro atoms. The molecule has 0 saturated heterocycles. The zero-order chi connectivity index (χ0) is 14.0. The summed E-state index contributed by atoms with van der Waals surface area (Å²) in [5, 5.41) is 4.17. The van der Waals surface area contributed by atoms with Gasteiger partial charge in [0.2, 0.25) is 0 Å². The van der Waals surface area contributed by atoms with Gasteiger partial charge in [-0.25, -0.2) is 4.39 Å². The Morgan fingerprint density at radius 3 is 2.89 bits per heavy atom. The van der Waals surface area contributed by atoms with Gasteiger partial charge in [0.05, 0.1) is 11.6 Å². The van der Waals surface area contributed by atoms with Crippen LogP contribution in [0.15, 0.2) is 22.7 Å². The minimum atomic E-state index is -0.471. The number of hydrogen-bond donors (Lipinski definition) is 1. The van der Waals surface area contributed by atoms with Gasteiger partial charge in [-0.3, -0.25) is 0 Å². The maximum atomic E-state index is 13.6. The van der Waals surface area contributed by atoms with Crippen LogP contribution in [0.3, 0.4) is 0 Å². The van der Waals surface area contributed by atoms with Gasteiger partial charge in [0.1, 0.15) is 5.82 Å². The summed E-state index contributed by atoms with van der Waals surface area (Å²) >= 11 is 5.82. The van der Waals surface area contributed by atoms with Crippen LogP contribution in [-0.2, 0) is 0 Å². The van der Waals surface area contributed by atoms with Gasteiger partial charge in [-0.2, -0.15) is 4.98 Å². The number of nitrogens with zero attached hydrogens (tertiary/aromatic N) is 3. The van der Waals surface area contributed by atoms with Crippen LogP contribution in [0.4, 0.5) is 4.39 Å². The van der Waals surface area contributed by atoms with E-state index in [4.69, 9.17) is 21.9 Å². The van der Waals surface area contributed by atoms with Gasteiger partial charge >= 0.3 is 0 Å². The highest BCUT2D eigenvalue weighted by Gasteiger charge is 2.18. The van der Waals surface area contributed by atoms with E-state index >= 15 is 0 Å². The summed E-state index contributed by atoms with van der Waals surface area (Å²) < 4.78 is 18.7. The fourth-order valence-corrected chi connectivity index (χ4v) is 1.80. The Balaban J connectivity index is 2.28. The molecule has 7 heteroatoms. The molecule has 0 aliphatic carbocycles. The van der Waals surface area contributed by atoms with Gasteiger partial charge in [-0.1, -0.05) is 16.8 Å². The predicted molar refractivity (Wildman–Crippen MR) is 70.2 cm³/mol. The molecule has 2 N–H and O–H groups in total. The molecule has 0 radical (unpaired) electrons. The zero-order valence-electron chi connectivity index (χ0n) is 10.6. The van der Waals surface area contributed by atoms with Crippen molar-refractivity contribution >= 4 is 11.6 Å². The Labute approximate surface area is 115 Å². The highest BCUT2D eigenvalue weighted by molar-refractivity contribution is 6.30. The molecule has 5 nitrogen and oxygen atoms in total. The van der Waals surface area contributed by atoms with Gasteiger partial charge in [0.25, 0.3) is 5.89 Å². The van der Waals surface area contributed by atoms with E-state index in [9.17, 15) is 4.39 Å². The molecule has 1 unspecified atom stereocenters. The van der Waals surface area contributed by atoms with E-state index in [-0.39, 0.29) is 11.5 Å². The van der Waals surface area contributed by atoms with Crippen LogP contribution in [0, 0.1) is 5.82 Å². The Hall–Kier alpha value is -1.50. The number of rotatable bonds is 4. The van der Waals surface area contributed by atoms with Crippen molar-refractivity contribution in [2.24, 2.45) is 5.73 Å². The first kappa shape index (κ1) is 13.9. The van der Waals surface area contributed by atoms with Crippen molar-refractivity contribution in [3.8, 4) is 11.5 Å². The molecule has 102 valence electrons. The molecule has 0 bridgehead atoms. The average molecular weight is 285 g/mol. The standard InChI is InChI=1S/C12H14ClFN4O/c1-18(2)6-10(15)11-16-12(19-17-11)8-5-7(13)3-4-9(8)14/h3-5,10H,6,15H2,1-2H3. The average Bonchev–Trinajstić information content (AvgIpc) is 2.80. The Kier molecular flexibility index (Phi) is 4.14. The van der Waals surface area contributed by atoms with Crippen molar-refractivity contribution in [2.75, 3.05) is 20.6 Å². The lowest BCUT2D eigenvalue weighted by Crippen LogP contribution is -2.26. The third kappa shape index (κ3) is 3.28. The van der Waals surface area contributed by atoms with Crippen LogP contribution in [0.1, 0.15) is 11.9 Å². The molecule has 0 aliphatic heterocycles. The van der Waals surface area contributed by atoms with Gasteiger partial charge < -0.3 is 15.2 Å². The summed E-state index contributed by atoms with van der Waals surface area (Å²) in [6, 6.07) is 3.75. The summed E-state index contributed by atoms with van der Waals surface area (Å²) in [7, 11) is 3.77. The number of halogens is 2. The van der Waals surface area contributed by atoms with Crippen LogP contribution in [0.25, 0.3) is 11.5 Å². The molecular weight excluding hydrogens is 271 g/mol. The van der Waals surface area contributed by atoms with E-state index in [0.29, 0.717) is 17.4 Å². The van der Waals surface area contributed by atoms with Crippen molar-refractivity contribution in [3.05, 3.63) is 34.9 Å². The lowest BCUT2D eigenvalue weighted by Gasteiger charge is -2.12. The minimum Gasteiger partial charge on any atom is -0.334 e. The van der Waals surface area contributed by atoms with Crippen LogP contribution in [0.5, 0.6) is 0 Å². The summed E-state index contributed by atoms with van der Waals surface area (Å²) in [5.74, 6) is -0.0620. The Morgan fingerprint density at radius 1 is 1.47 bits per heavy atom. The number of nitrogens with two attached hydrogens (primary N) is 1. The van der Waals surface area contributed by atoms with Crippen LogP contribution in [-0.4, -0.2) is 35.7 Å². The molecule has 1 heterocycles. The molecule has 2 aromatic rings. The second-order valence-electron chi connectivity index (χ2n) is 4.45. The second kappa shape index (κ2) is 5.64. The highest BCUT2D eigenvalue weighted by atomic mass is 35.5. The fourth-order valence-electron chi connectivity index (χ4n) is 1.63. The monoisotopic (exact) mass is 284 g/mol. The Bertz CT molecular complexity index is 573. The quantitative estimate of drug-likeness (QED) is 0.931.